The van der Waals surface area contributed by atoms with Crippen LogP contribution >= 0.6 is 0 Å². The summed E-state index contributed by atoms with van der Waals surface area (Å²) in [5.74, 6) is 0.721. The number of fused-ring (bicyclic) bond motifs is 8. The van der Waals surface area contributed by atoms with E-state index in [-0.39, 0.29) is 17.9 Å². The molecular weight excluding hydrogens is 639 g/mol. The summed E-state index contributed by atoms with van der Waals surface area (Å²) in [7, 11) is 7.95. The molecule has 0 saturated heterocycles. The highest BCUT2D eigenvalue weighted by atomic mass is 16.2. The Labute approximate surface area is 301 Å². The lowest BCUT2D eigenvalue weighted by molar-refractivity contribution is -0.122. The minimum Gasteiger partial charge on any atom is -0.362 e. The maximum atomic E-state index is 12.9. The average Bonchev–Trinajstić information content (AvgIpc) is 3.77. The van der Waals surface area contributed by atoms with Gasteiger partial charge in [-0.1, -0.05) is 25.3 Å². The first kappa shape index (κ1) is 37.3. The van der Waals surface area contributed by atoms with E-state index in [1.54, 1.807) is 0 Å². The molecule has 2 amide bonds. The number of hydrogen-bond acceptors (Lipinski definition) is 7. The third-order valence-electron chi connectivity index (χ3n) is 9.62. The average molecular weight is 692 g/mol. The van der Waals surface area contributed by atoms with Crippen molar-refractivity contribution in [3.63, 3.8) is 0 Å². The number of carbonyl (C=O) groups is 2. The van der Waals surface area contributed by atoms with Crippen molar-refractivity contribution in [3.8, 4) is 0 Å². The molecule has 11 heteroatoms. The van der Waals surface area contributed by atoms with E-state index in [2.05, 4.69) is 78.0 Å². The number of nitrogens with one attached hydrogen (secondary N) is 5. The van der Waals surface area contributed by atoms with E-state index in [1.807, 2.05) is 56.2 Å². The van der Waals surface area contributed by atoms with Gasteiger partial charge in [0, 0.05) is 78.3 Å². The van der Waals surface area contributed by atoms with Gasteiger partial charge in [0.25, 0.3) is 0 Å². The van der Waals surface area contributed by atoms with E-state index in [0.717, 1.165) is 85.6 Å². The summed E-state index contributed by atoms with van der Waals surface area (Å²) in [5, 5.41) is 9.66. The van der Waals surface area contributed by atoms with Crippen molar-refractivity contribution in [3.05, 3.63) is 82.8 Å². The lowest BCUT2D eigenvalue weighted by atomic mass is 10.0. The van der Waals surface area contributed by atoms with Gasteiger partial charge < -0.3 is 35.7 Å². The third kappa shape index (κ3) is 8.84. The van der Waals surface area contributed by atoms with Crippen LogP contribution in [0.3, 0.4) is 0 Å². The molecule has 11 nitrogen and oxygen atoms in total. The number of H-pyrrole nitrogens is 2. The second-order valence-electron chi connectivity index (χ2n) is 13.9. The summed E-state index contributed by atoms with van der Waals surface area (Å²) in [6, 6.07) is 8.01. The Morgan fingerprint density at radius 2 is 1.41 bits per heavy atom. The fourth-order valence-electron chi connectivity index (χ4n) is 6.57. The molecule has 2 aliphatic heterocycles. The summed E-state index contributed by atoms with van der Waals surface area (Å²) in [6.45, 7) is 17.2. The first-order chi connectivity index (χ1) is 24.4. The summed E-state index contributed by atoms with van der Waals surface area (Å²) >= 11 is 0. The third-order valence-corrected chi connectivity index (χ3v) is 9.62. The predicted octanol–water partition coefficient (Wildman–Crippen LogP) is 5.91. The number of aromatic nitrogens is 4. The van der Waals surface area contributed by atoms with Gasteiger partial charge in [-0.25, -0.2) is 9.97 Å². The van der Waals surface area contributed by atoms with E-state index in [9.17, 15) is 9.59 Å². The molecule has 270 valence electrons. The first-order valence-corrected chi connectivity index (χ1v) is 17.7. The van der Waals surface area contributed by atoms with Crippen LogP contribution in [-0.2, 0) is 16.0 Å². The number of amides is 2. The number of aryl methyl sites for hydroxylation is 3. The number of aromatic amines is 2. The molecule has 1 atom stereocenters. The van der Waals surface area contributed by atoms with Crippen molar-refractivity contribution in [1.82, 2.24) is 40.4 Å². The molecule has 3 aromatic rings. The van der Waals surface area contributed by atoms with Crippen LogP contribution in [-0.4, -0.2) is 95.9 Å². The molecule has 0 aliphatic carbocycles. The van der Waals surface area contributed by atoms with Crippen molar-refractivity contribution < 1.29 is 9.59 Å². The second-order valence-corrected chi connectivity index (χ2v) is 13.9. The first-order valence-electron chi connectivity index (χ1n) is 17.7. The number of likely N-dealkylation sites (N-methyl/N-ethyl adjacent to an activating group) is 2. The molecule has 0 fully saturated rings. The highest BCUT2D eigenvalue weighted by Gasteiger charge is 2.23. The van der Waals surface area contributed by atoms with E-state index in [4.69, 9.17) is 9.97 Å². The highest BCUT2D eigenvalue weighted by Crippen LogP contribution is 2.34. The summed E-state index contributed by atoms with van der Waals surface area (Å²) in [4.78, 5) is 47.2. The number of anilines is 1. The van der Waals surface area contributed by atoms with Crippen LogP contribution in [0.2, 0.25) is 0 Å². The number of carbonyl (C=O) groups excluding carboxylic acids is 2. The number of nitrogens with zero attached hydrogens (tertiary/aromatic N) is 4. The Balaban J connectivity index is 1.66. The van der Waals surface area contributed by atoms with Gasteiger partial charge in [0.15, 0.2) is 0 Å². The van der Waals surface area contributed by atoms with Gasteiger partial charge in [-0.05, 0) is 102 Å². The Morgan fingerprint density at radius 1 is 0.784 bits per heavy atom. The fraction of sp³-hybridized carbons (Fsp3) is 0.400. The summed E-state index contributed by atoms with van der Waals surface area (Å²) < 4.78 is 0. The standard InChI is InChI=1S/C40H53N9O2/c1-10-27-24(3)31-20-35-28(11-2)25(4)33(45-35)23-38-46-30(13-15-40(51)42-17-19-49(8)9)37(47-38)22-36-29(12-14-39(50)41-16-18-48(6)7)26(5)32(44-36)21-34(27)43-31/h10-11,20-23,30,44-45H,1-2,12-19H2,3-9H3,(H,41,50)(H,42,51)(H,46,47). The van der Waals surface area contributed by atoms with E-state index in [0.29, 0.717) is 44.6 Å². The lowest BCUT2D eigenvalue weighted by Crippen LogP contribution is -2.31. The SMILES string of the molecule is C=CC1=C(C)c2cc3[nH]c(cc4nc(cc5[nH]c(cc1n2)c(C)c5CCC(=O)NCCN(C)C)C(CCC(=O)NCCN(C)C)N4)c(C)c3C=C. The normalized spacial score (nSPS) is 14.2. The van der Waals surface area contributed by atoms with Crippen LogP contribution in [0.4, 0.5) is 5.82 Å². The van der Waals surface area contributed by atoms with Gasteiger partial charge in [0.2, 0.25) is 11.8 Å². The molecule has 0 saturated carbocycles. The quantitative estimate of drug-likeness (QED) is 0.142. The molecule has 3 aromatic heterocycles. The minimum absolute atomic E-state index is 0.00751. The van der Waals surface area contributed by atoms with Crippen LogP contribution in [0.5, 0.6) is 0 Å². The maximum absolute atomic E-state index is 12.9. The maximum Gasteiger partial charge on any atom is 0.220 e. The van der Waals surface area contributed by atoms with Crippen LogP contribution in [0.25, 0.3) is 39.3 Å². The Kier molecular flexibility index (Phi) is 11.9. The molecule has 51 heavy (non-hydrogen) atoms. The van der Waals surface area contributed by atoms with Gasteiger partial charge in [-0.3, -0.25) is 9.59 Å². The smallest absolute Gasteiger partial charge is 0.220 e. The largest absolute Gasteiger partial charge is 0.362 e. The second kappa shape index (κ2) is 16.3. The van der Waals surface area contributed by atoms with Crippen LogP contribution in [0.15, 0.2) is 43.5 Å². The molecule has 1 unspecified atom stereocenters. The van der Waals surface area contributed by atoms with E-state index in [1.165, 1.54) is 0 Å². The van der Waals surface area contributed by atoms with Crippen LogP contribution in [0, 0.1) is 13.8 Å². The van der Waals surface area contributed by atoms with Gasteiger partial charge in [-0.15, -0.1) is 0 Å². The molecule has 5 heterocycles. The summed E-state index contributed by atoms with van der Waals surface area (Å²) in [6.07, 6.45) is 5.53. The van der Waals surface area contributed by atoms with Crippen LogP contribution in [0.1, 0.15) is 71.6 Å². The van der Waals surface area contributed by atoms with Crippen molar-refractivity contribution in [1.29, 1.82) is 0 Å². The summed E-state index contributed by atoms with van der Waals surface area (Å²) in [5.41, 5.74) is 12.2. The van der Waals surface area contributed by atoms with Gasteiger partial charge >= 0.3 is 0 Å². The zero-order valence-electron chi connectivity index (χ0n) is 31.2. The van der Waals surface area contributed by atoms with Gasteiger partial charge in [0.05, 0.1) is 23.1 Å². The molecule has 5 N–H and O–H groups in total. The van der Waals surface area contributed by atoms with Gasteiger partial charge in [-0.2, -0.15) is 0 Å². The Hall–Kier alpha value is -5.00. The molecule has 5 rings (SSSR count). The Morgan fingerprint density at radius 3 is 2.06 bits per heavy atom. The molecular formula is C40H53N9O2. The highest BCUT2D eigenvalue weighted by molar-refractivity contribution is 5.97. The van der Waals surface area contributed by atoms with Crippen LogP contribution < -0.4 is 16.0 Å². The molecule has 0 spiro atoms. The topological polar surface area (TPSA) is 134 Å². The lowest BCUT2D eigenvalue weighted by Gasteiger charge is -2.13. The number of rotatable bonds is 14. The van der Waals surface area contributed by atoms with E-state index >= 15 is 0 Å². The van der Waals surface area contributed by atoms with Crippen molar-refractivity contribution >= 4 is 56.9 Å². The minimum atomic E-state index is -0.196. The van der Waals surface area contributed by atoms with Crippen molar-refractivity contribution in [2.75, 3.05) is 59.7 Å². The monoisotopic (exact) mass is 691 g/mol. The van der Waals surface area contributed by atoms with Crippen molar-refractivity contribution in [2.24, 2.45) is 0 Å². The molecule has 2 aliphatic rings. The Bertz CT molecular complexity index is 2020. The number of hydrogen-bond donors (Lipinski definition) is 5. The molecule has 8 bridgehead atoms. The fourth-order valence-corrected chi connectivity index (χ4v) is 6.57. The molecule has 0 radical (unpaired) electrons. The number of allylic oxidation sites excluding steroid dienone is 3. The zero-order chi connectivity index (χ0) is 36.8. The van der Waals surface area contributed by atoms with Crippen molar-refractivity contribution in [2.45, 2.75) is 52.5 Å². The molecule has 0 aromatic carbocycles. The zero-order valence-corrected chi connectivity index (χ0v) is 31.2. The van der Waals surface area contributed by atoms with Gasteiger partial charge in [0.1, 0.15) is 5.82 Å². The van der Waals surface area contributed by atoms with E-state index < -0.39 is 0 Å². The predicted molar refractivity (Wildman–Crippen MR) is 210 cm³/mol.